The second kappa shape index (κ2) is 9.86. The third-order valence-corrected chi connectivity index (χ3v) is 5.28. The fourth-order valence-corrected chi connectivity index (χ4v) is 3.58. The Labute approximate surface area is 181 Å². The van der Waals surface area contributed by atoms with E-state index in [9.17, 15) is 9.90 Å². The molecule has 1 fully saturated rings. The van der Waals surface area contributed by atoms with Gasteiger partial charge in [-0.15, -0.1) is 0 Å². The minimum Gasteiger partial charge on any atom is -0.508 e. The summed E-state index contributed by atoms with van der Waals surface area (Å²) < 4.78 is 0. The first-order valence-electron chi connectivity index (χ1n) is 10.4. The second-order valence-electron chi connectivity index (χ2n) is 7.56. The molecule has 3 aromatic carbocycles. The Morgan fingerprint density at radius 1 is 0.871 bits per heavy atom. The zero-order valence-corrected chi connectivity index (χ0v) is 17.2. The number of phenolic OH excluding ortho intramolecular Hbond substituents is 1. The number of nitrogens with zero attached hydrogens (tertiary/aromatic N) is 3. The molecular weight excluding hydrogens is 390 g/mol. The summed E-state index contributed by atoms with van der Waals surface area (Å²) in [6.07, 6.45) is 0. The smallest absolute Gasteiger partial charge is 0.279 e. The number of carbonyl (C=O) groups excluding carboxylic acids is 1. The van der Waals surface area contributed by atoms with E-state index in [4.69, 9.17) is 0 Å². The molecule has 7 heteroatoms. The number of carbonyl (C=O) groups is 1. The Morgan fingerprint density at radius 2 is 1.48 bits per heavy atom. The van der Waals surface area contributed by atoms with Crippen LogP contribution in [0.25, 0.3) is 0 Å². The summed E-state index contributed by atoms with van der Waals surface area (Å²) in [5.41, 5.74) is 3.39. The number of nitrogens with one attached hydrogen (secondary N) is 2. The average molecular weight is 417 g/mol. The maximum atomic E-state index is 12.5. The Hall–Kier alpha value is -3.71. The van der Waals surface area contributed by atoms with Crippen LogP contribution in [-0.4, -0.2) is 43.7 Å². The quantitative estimate of drug-likeness (QED) is 0.540. The Kier molecular flexibility index (Phi) is 6.54. The number of hydrogen-bond acceptors (Lipinski definition) is 5. The van der Waals surface area contributed by atoms with Crippen LogP contribution in [0.15, 0.2) is 89.1 Å². The van der Waals surface area contributed by atoms with E-state index in [2.05, 4.69) is 20.4 Å². The molecule has 3 aromatic rings. The molecule has 3 N–H and O–H groups in total. The molecule has 31 heavy (non-hydrogen) atoms. The highest BCUT2D eigenvalue weighted by Gasteiger charge is 2.22. The average Bonchev–Trinajstić information content (AvgIpc) is 2.80. The standard InChI is InChI=1S/C24H25N5O2/c30-23-12-10-22(11-13-23)29-16-14-28(15-17-29)18-24(31)25-19-6-8-21(9-7-19)27-26-20-4-2-1-3-5-20/h1-13,30H,14-18H2,(H,25,31)/p+1. The van der Waals surface area contributed by atoms with Crippen molar-refractivity contribution in [3.05, 3.63) is 78.9 Å². The lowest BCUT2D eigenvalue weighted by Gasteiger charge is -2.33. The van der Waals surface area contributed by atoms with Gasteiger partial charge in [-0.1, -0.05) is 18.2 Å². The second-order valence-corrected chi connectivity index (χ2v) is 7.56. The van der Waals surface area contributed by atoms with E-state index in [0.717, 1.165) is 48.9 Å². The maximum absolute atomic E-state index is 12.5. The number of azo groups is 1. The summed E-state index contributed by atoms with van der Waals surface area (Å²) >= 11 is 0. The number of phenols is 1. The molecule has 1 aliphatic rings. The largest absolute Gasteiger partial charge is 0.508 e. The van der Waals surface area contributed by atoms with Gasteiger partial charge in [-0.3, -0.25) is 4.79 Å². The van der Waals surface area contributed by atoms with Gasteiger partial charge in [0.05, 0.1) is 37.6 Å². The molecule has 0 atom stereocenters. The lowest BCUT2D eigenvalue weighted by atomic mass is 10.2. The molecule has 1 saturated heterocycles. The lowest BCUT2D eigenvalue weighted by molar-refractivity contribution is -0.892. The van der Waals surface area contributed by atoms with Crippen LogP contribution in [0.5, 0.6) is 5.75 Å². The van der Waals surface area contributed by atoms with Gasteiger partial charge in [0.25, 0.3) is 5.91 Å². The van der Waals surface area contributed by atoms with Crippen molar-refractivity contribution >= 4 is 28.7 Å². The van der Waals surface area contributed by atoms with Gasteiger partial charge >= 0.3 is 0 Å². The molecule has 0 aliphatic carbocycles. The van der Waals surface area contributed by atoms with Crippen LogP contribution in [0.4, 0.5) is 22.7 Å². The van der Waals surface area contributed by atoms with E-state index in [1.807, 2.05) is 66.7 Å². The van der Waals surface area contributed by atoms with Crippen molar-refractivity contribution in [3.8, 4) is 5.75 Å². The number of benzene rings is 3. The third-order valence-electron chi connectivity index (χ3n) is 5.28. The molecule has 0 bridgehead atoms. The lowest BCUT2D eigenvalue weighted by Crippen LogP contribution is -3.15. The fraction of sp³-hybridized carbons (Fsp3) is 0.208. The highest BCUT2D eigenvalue weighted by molar-refractivity contribution is 5.91. The van der Waals surface area contributed by atoms with Crippen molar-refractivity contribution in [1.29, 1.82) is 0 Å². The van der Waals surface area contributed by atoms with Gasteiger partial charge in [0.15, 0.2) is 6.54 Å². The Bertz CT molecular complexity index is 1010. The zero-order chi connectivity index (χ0) is 21.5. The topological polar surface area (TPSA) is 81.7 Å². The van der Waals surface area contributed by atoms with Gasteiger partial charge in [-0.25, -0.2) is 0 Å². The minimum absolute atomic E-state index is 0.00625. The van der Waals surface area contributed by atoms with Gasteiger partial charge in [0.2, 0.25) is 0 Å². The number of quaternary nitrogens is 1. The van der Waals surface area contributed by atoms with E-state index >= 15 is 0 Å². The predicted octanol–water partition coefficient (Wildman–Crippen LogP) is 3.15. The van der Waals surface area contributed by atoms with E-state index in [1.165, 1.54) is 4.90 Å². The number of aromatic hydroxyl groups is 1. The maximum Gasteiger partial charge on any atom is 0.279 e. The first kappa shape index (κ1) is 20.6. The van der Waals surface area contributed by atoms with Crippen LogP contribution < -0.4 is 15.1 Å². The Morgan fingerprint density at radius 3 is 2.13 bits per heavy atom. The highest BCUT2D eigenvalue weighted by Crippen LogP contribution is 2.20. The number of piperazine rings is 1. The van der Waals surface area contributed by atoms with Crippen molar-refractivity contribution in [1.82, 2.24) is 0 Å². The number of amides is 1. The summed E-state index contributed by atoms with van der Waals surface area (Å²) in [4.78, 5) is 16.0. The molecule has 1 amide bonds. The van der Waals surface area contributed by atoms with Gasteiger partial charge in [-0.2, -0.15) is 10.2 Å². The SMILES string of the molecule is O=C(C[NH+]1CCN(c2ccc(O)cc2)CC1)Nc1ccc(N=Nc2ccccc2)cc1. The normalized spacial score (nSPS) is 14.6. The van der Waals surface area contributed by atoms with Crippen molar-refractivity contribution < 1.29 is 14.8 Å². The van der Waals surface area contributed by atoms with Crippen molar-refractivity contribution in [2.45, 2.75) is 0 Å². The minimum atomic E-state index is 0.00625. The molecule has 4 rings (SSSR count). The Balaban J connectivity index is 1.23. The summed E-state index contributed by atoms with van der Waals surface area (Å²) in [5.74, 6) is 0.281. The monoisotopic (exact) mass is 416 g/mol. The molecule has 0 unspecified atom stereocenters. The van der Waals surface area contributed by atoms with Gasteiger partial charge < -0.3 is 20.2 Å². The van der Waals surface area contributed by atoms with Gasteiger partial charge in [0.1, 0.15) is 5.75 Å². The van der Waals surface area contributed by atoms with Crippen molar-refractivity contribution in [3.63, 3.8) is 0 Å². The summed E-state index contributed by atoms with van der Waals surface area (Å²) in [6.45, 7) is 4.00. The molecule has 0 radical (unpaired) electrons. The van der Waals surface area contributed by atoms with Crippen LogP contribution in [0, 0.1) is 0 Å². The predicted molar refractivity (Wildman–Crippen MR) is 122 cm³/mol. The number of hydrogen-bond donors (Lipinski definition) is 3. The first-order chi connectivity index (χ1) is 15.2. The van der Waals surface area contributed by atoms with E-state index in [1.54, 1.807) is 12.1 Å². The molecule has 0 aromatic heterocycles. The van der Waals surface area contributed by atoms with E-state index < -0.39 is 0 Å². The van der Waals surface area contributed by atoms with Crippen molar-refractivity contribution in [2.75, 3.05) is 42.9 Å². The van der Waals surface area contributed by atoms with Gasteiger partial charge in [0, 0.05) is 11.4 Å². The highest BCUT2D eigenvalue weighted by atomic mass is 16.3. The van der Waals surface area contributed by atoms with Crippen LogP contribution in [0.1, 0.15) is 0 Å². The molecule has 7 nitrogen and oxygen atoms in total. The zero-order valence-electron chi connectivity index (χ0n) is 17.2. The van der Waals surface area contributed by atoms with Crippen LogP contribution >= 0.6 is 0 Å². The fourth-order valence-electron chi connectivity index (χ4n) is 3.58. The van der Waals surface area contributed by atoms with E-state index in [-0.39, 0.29) is 11.7 Å². The summed E-state index contributed by atoms with van der Waals surface area (Å²) in [5, 5.41) is 20.8. The molecule has 1 aliphatic heterocycles. The van der Waals surface area contributed by atoms with Crippen molar-refractivity contribution in [2.24, 2.45) is 10.2 Å². The van der Waals surface area contributed by atoms with Crippen LogP contribution in [0.3, 0.4) is 0 Å². The molecule has 0 saturated carbocycles. The van der Waals surface area contributed by atoms with Gasteiger partial charge in [-0.05, 0) is 60.7 Å². The third kappa shape index (κ3) is 5.90. The molecule has 1 heterocycles. The van der Waals surface area contributed by atoms with Crippen LogP contribution in [-0.2, 0) is 4.79 Å². The molecular formula is C24H26N5O2+. The molecule has 0 spiro atoms. The van der Waals surface area contributed by atoms with Crippen LogP contribution in [0.2, 0.25) is 0 Å². The number of rotatable bonds is 6. The first-order valence-corrected chi connectivity index (χ1v) is 10.4. The number of anilines is 2. The summed E-state index contributed by atoms with van der Waals surface area (Å²) in [7, 11) is 0. The summed E-state index contributed by atoms with van der Waals surface area (Å²) in [6, 6.07) is 24.2. The molecule has 158 valence electrons. The van der Waals surface area contributed by atoms with E-state index in [0.29, 0.717) is 6.54 Å².